The first-order valence-electron chi connectivity index (χ1n) is 10.3. The zero-order chi connectivity index (χ0) is 20.9. The molecule has 1 aliphatic carbocycles. The Kier molecular flexibility index (Phi) is 6.14. The molecule has 0 saturated carbocycles. The summed E-state index contributed by atoms with van der Waals surface area (Å²) in [7, 11) is 0. The Morgan fingerprint density at radius 2 is 1.93 bits per heavy atom. The van der Waals surface area contributed by atoms with Crippen LogP contribution in [0.25, 0.3) is 11.0 Å². The average molecular weight is 407 g/mol. The molecule has 0 fully saturated rings. The van der Waals surface area contributed by atoms with Crippen LogP contribution in [0.15, 0.2) is 52.9 Å². The number of furan rings is 1. The van der Waals surface area contributed by atoms with Crippen molar-refractivity contribution in [2.24, 2.45) is 0 Å². The first-order chi connectivity index (χ1) is 14.7. The van der Waals surface area contributed by atoms with Crippen molar-refractivity contribution in [1.29, 1.82) is 0 Å². The number of hydrogen-bond donors (Lipinski definition) is 1. The van der Waals surface area contributed by atoms with Crippen LogP contribution in [0.4, 0.5) is 0 Å². The number of carbonyl (C=O) groups is 2. The molecule has 3 aromatic rings. The van der Waals surface area contributed by atoms with E-state index < -0.39 is 5.97 Å². The fraction of sp³-hybridized carbons (Fsp3) is 0.333. The Morgan fingerprint density at radius 1 is 1.13 bits per heavy atom. The van der Waals surface area contributed by atoms with Crippen LogP contribution in [0.5, 0.6) is 0 Å². The Balaban J connectivity index is 1.42. The van der Waals surface area contributed by atoms with Gasteiger partial charge in [0.1, 0.15) is 5.58 Å². The summed E-state index contributed by atoms with van der Waals surface area (Å²) in [6.45, 7) is 2.28. The van der Waals surface area contributed by atoms with Crippen LogP contribution in [0, 0.1) is 0 Å². The first-order valence-corrected chi connectivity index (χ1v) is 10.3. The lowest BCUT2D eigenvalue weighted by Crippen LogP contribution is -2.34. The maximum atomic E-state index is 12.6. The predicted molar refractivity (Wildman–Crippen MR) is 112 cm³/mol. The largest absolute Gasteiger partial charge is 0.450 e. The maximum absolute atomic E-state index is 12.6. The van der Waals surface area contributed by atoms with Gasteiger partial charge in [-0.05, 0) is 43.4 Å². The maximum Gasteiger partial charge on any atom is 0.375 e. The normalized spacial score (nSPS) is 15.6. The summed E-state index contributed by atoms with van der Waals surface area (Å²) in [5.74, 6) is -0.909. The van der Waals surface area contributed by atoms with Gasteiger partial charge in [-0.3, -0.25) is 4.79 Å². The third-order valence-corrected chi connectivity index (χ3v) is 5.37. The highest BCUT2D eigenvalue weighted by atomic mass is 16.5. The molecule has 30 heavy (non-hydrogen) atoms. The van der Waals surface area contributed by atoms with Gasteiger partial charge in [0.15, 0.2) is 6.61 Å². The van der Waals surface area contributed by atoms with E-state index in [1.807, 2.05) is 43.3 Å². The Morgan fingerprint density at radius 3 is 2.80 bits per heavy atom. The number of para-hydroxylation sites is 1. The van der Waals surface area contributed by atoms with Gasteiger partial charge in [-0.1, -0.05) is 42.5 Å². The standard InChI is InChI=1S/C24H25NO5/c1-2-28-14-19-18-11-5-6-13-21(18)30-23(19)24(27)29-15-22(26)25-20-12-7-9-16-8-3-4-10-17(16)20/h3-6,8,10-11,13,20H,2,7,9,12,14-15H2,1H3,(H,25,26). The molecule has 156 valence electrons. The quantitative estimate of drug-likeness (QED) is 0.590. The second-order valence-electron chi connectivity index (χ2n) is 7.33. The van der Waals surface area contributed by atoms with E-state index >= 15 is 0 Å². The molecule has 1 unspecified atom stereocenters. The van der Waals surface area contributed by atoms with Gasteiger partial charge in [0.05, 0.1) is 12.6 Å². The summed E-state index contributed by atoms with van der Waals surface area (Å²) in [4.78, 5) is 25.1. The van der Waals surface area contributed by atoms with Crippen LogP contribution in [0.2, 0.25) is 0 Å². The van der Waals surface area contributed by atoms with Gasteiger partial charge in [-0.15, -0.1) is 0 Å². The lowest BCUT2D eigenvalue weighted by atomic mass is 9.88. The van der Waals surface area contributed by atoms with Gasteiger partial charge in [-0.25, -0.2) is 4.79 Å². The molecule has 6 nitrogen and oxygen atoms in total. The summed E-state index contributed by atoms with van der Waals surface area (Å²) in [5, 5.41) is 3.79. The van der Waals surface area contributed by atoms with Crippen molar-refractivity contribution in [3.05, 3.63) is 71.0 Å². The molecule has 4 rings (SSSR count). The molecule has 0 radical (unpaired) electrons. The number of ether oxygens (including phenoxy) is 2. The van der Waals surface area contributed by atoms with E-state index in [-0.39, 0.29) is 30.9 Å². The van der Waals surface area contributed by atoms with Gasteiger partial charge >= 0.3 is 5.97 Å². The highest BCUT2D eigenvalue weighted by Gasteiger charge is 2.24. The summed E-state index contributed by atoms with van der Waals surface area (Å²) in [6, 6.07) is 15.4. The molecule has 1 heterocycles. The molecular formula is C24H25NO5. The third-order valence-electron chi connectivity index (χ3n) is 5.37. The van der Waals surface area contributed by atoms with Crippen molar-refractivity contribution in [2.45, 2.75) is 38.8 Å². The lowest BCUT2D eigenvalue weighted by Gasteiger charge is -2.26. The minimum Gasteiger partial charge on any atom is -0.450 e. The molecular weight excluding hydrogens is 382 g/mol. The van der Waals surface area contributed by atoms with Gasteiger partial charge in [0.2, 0.25) is 5.76 Å². The number of nitrogens with one attached hydrogen (secondary N) is 1. The molecule has 0 spiro atoms. The third kappa shape index (κ3) is 4.24. The number of rotatable bonds is 7. The van der Waals surface area contributed by atoms with E-state index in [2.05, 4.69) is 11.4 Å². The molecule has 0 saturated heterocycles. The number of benzene rings is 2. The van der Waals surface area contributed by atoms with Gasteiger partial charge in [-0.2, -0.15) is 0 Å². The average Bonchev–Trinajstić information content (AvgIpc) is 3.15. The van der Waals surface area contributed by atoms with E-state index in [0.717, 1.165) is 30.2 Å². The minimum atomic E-state index is -0.667. The molecule has 1 aromatic heterocycles. The van der Waals surface area contributed by atoms with Crippen LogP contribution in [0.3, 0.4) is 0 Å². The number of carbonyl (C=O) groups excluding carboxylic acids is 2. The molecule has 1 N–H and O–H groups in total. The summed E-state index contributed by atoms with van der Waals surface area (Å²) >= 11 is 0. The van der Waals surface area contributed by atoms with E-state index in [1.54, 1.807) is 6.07 Å². The van der Waals surface area contributed by atoms with Crippen molar-refractivity contribution in [1.82, 2.24) is 5.32 Å². The Hall–Kier alpha value is -3.12. The number of aryl methyl sites for hydroxylation is 1. The van der Waals surface area contributed by atoms with Crippen molar-refractivity contribution < 1.29 is 23.5 Å². The second-order valence-corrected chi connectivity index (χ2v) is 7.33. The zero-order valence-corrected chi connectivity index (χ0v) is 17.0. The zero-order valence-electron chi connectivity index (χ0n) is 17.0. The number of hydrogen-bond acceptors (Lipinski definition) is 5. The topological polar surface area (TPSA) is 77.8 Å². The van der Waals surface area contributed by atoms with Crippen molar-refractivity contribution in [3.63, 3.8) is 0 Å². The molecule has 1 amide bonds. The lowest BCUT2D eigenvalue weighted by molar-refractivity contribution is -0.125. The fourth-order valence-electron chi connectivity index (χ4n) is 3.95. The van der Waals surface area contributed by atoms with Crippen molar-refractivity contribution >= 4 is 22.8 Å². The van der Waals surface area contributed by atoms with Crippen LogP contribution >= 0.6 is 0 Å². The molecule has 1 atom stereocenters. The molecule has 0 aliphatic heterocycles. The highest BCUT2D eigenvalue weighted by molar-refractivity contribution is 5.96. The molecule has 1 aliphatic rings. The van der Waals surface area contributed by atoms with Crippen molar-refractivity contribution in [2.75, 3.05) is 13.2 Å². The fourth-order valence-corrected chi connectivity index (χ4v) is 3.95. The molecule has 0 bridgehead atoms. The van der Waals surface area contributed by atoms with E-state index in [4.69, 9.17) is 13.9 Å². The molecule has 2 aromatic carbocycles. The van der Waals surface area contributed by atoms with Gasteiger partial charge in [0, 0.05) is 17.6 Å². The highest BCUT2D eigenvalue weighted by Crippen LogP contribution is 2.30. The Bertz CT molecular complexity index is 1050. The van der Waals surface area contributed by atoms with E-state index in [1.165, 1.54) is 5.56 Å². The number of fused-ring (bicyclic) bond motifs is 2. The van der Waals surface area contributed by atoms with Gasteiger partial charge < -0.3 is 19.2 Å². The number of amides is 1. The summed E-state index contributed by atoms with van der Waals surface area (Å²) in [5.41, 5.74) is 3.62. The van der Waals surface area contributed by atoms with Crippen LogP contribution < -0.4 is 5.32 Å². The first kappa shape index (κ1) is 20.2. The molecule has 6 heteroatoms. The SMILES string of the molecule is CCOCc1c(C(=O)OCC(=O)NC2CCCc3ccccc32)oc2ccccc12. The van der Waals surface area contributed by atoms with Crippen LogP contribution in [-0.4, -0.2) is 25.1 Å². The van der Waals surface area contributed by atoms with Crippen molar-refractivity contribution in [3.8, 4) is 0 Å². The second kappa shape index (κ2) is 9.13. The number of esters is 1. The summed E-state index contributed by atoms with van der Waals surface area (Å²) in [6.07, 6.45) is 2.91. The smallest absolute Gasteiger partial charge is 0.375 e. The van der Waals surface area contributed by atoms with E-state index in [0.29, 0.717) is 17.8 Å². The predicted octanol–water partition coefficient (Wildman–Crippen LogP) is 4.32. The summed E-state index contributed by atoms with van der Waals surface area (Å²) < 4.78 is 16.5. The van der Waals surface area contributed by atoms with Crippen LogP contribution in [-0.2, 0) is 27.3 Å². The monoisotopic (exact) mass is 407 g/mol. The van der Waals surface area contributed by atoms with Crippen LogP contribution in [0.1, 0.15) is 53.1 Å². The Labute approximate surface area is 175 Å². The minimum absolute atomic E-state index is 0.0548. The van der Waals surface area contributed by atoms with E-state index in [9.17, 15) is 9.59 Å². The van der Waals surface area contributed by atoms with Gasteiger partial charge in [0.25, 0.3) is 5.91 Å².